The maximum atomic E-state index is 12.8. The Bertz CT molecular complexity index is 693. The highest BCUT2D eigenvalue weighted by Gasteiger charge is 2.23. The summed E-state index contributed by atoms with van der Waals surface area (Å²) < 4.78 is 14.2. The van der Waals surface area contributed by atoms with Gasteiger partial charge in [-0.3, -0.25) is 4.79 Å². The number of nitrogens with one attached hydrogen (secondary N) is 1. The summed E-state index contributed by atoms with van der Waals surface area (Å²) in [6.07, 6.45) is 0.651. The van der Waals surface area contributed by atoms with Crippen molar-refractivity contribution in [2.45, 2.75) is 37.8 Å². The summed E-state index contributed by atoms with van der Waals surface area (Å²) in [4.78, 5) is 11.9. The molecule has 0 radical (unpaired) electrons. The molecule has 2 rings (SSSR count). The summed E-state index contributed by atoms with van der Waals surface area (Å²) >= 11 is 1.24. The van der Waals surface area contributed by atoms with E-state index in [2.05, 4.69) is 15.5 Å². The van der Waals surface area contributed by atoms with Crippen LogP contribution in [0.15, 0.2) is 29.4 Å². The van der Waals surface area contributed by atoms with Crippen LogP contribution in [0.4, 0.5) is 4.39 Å². The third-order valence-electron chi connectivity index (χ3n) is 3.32. The van der Waals surface area contributed by atoms with Crippen LogP contribution in [-0.2, 0) is 16.6 Å². The van der Waals surface area contributed by atoms with E-state index < -0.39 is 0 Å². The van der Waals surface area contributed by atoms with Crippen molar-refractivity contribution in [2.24, 2.45) is 0 Å². The fourth-order valence-corrected chi connectivity index (χ4v) is 2.75. The number of nitrogen functional groups attached to an aromatic ring is 1. The van der Waals surface area contributed by atoms with E-state index in [1.54, 1.807) is 12.1 Å². The first kappa shape index (κ1) is 18.3. The number of hydrogen-bond acceptors (Lipinski definition) is 5. The standard InChI is InChI=1S/C16H22FN5OS/c1-16(2,3)14-20-21-15(22(14)18)24-10-13(23)19-9-8-11-4-6-12(17)7-5-11/h4-7H,8-10,18H2,1-3H3,(H,19,23). The van der Waals surface area contributed by atoms with Crippen LogP contribution in [0.5, 0.6) is 0 Å². The summed E-state index contributed by atoms with van der Waals surface area (Å²) in [5, 5.41) is 11.4. The molecule has 0 saturated carbocycles. The van der Waals surface area contributed by atoms with Crippen molar-refractivity contribution in [3.05, 3.63) is 41.5 Å². The summed E-state index contributed by atoms with van der Waals surface area (Å²) in [5.41, 5.74) is 0.763. The van der Waals surface area contributed by atoms with E-state index in [4.69, 9.17) is 5.84 Å². The zero-order valence-electron chi connectivity index (χ0n) is 14.0. The number of benzene rings is 1. The molecule has 3 N–H and O–H groups in total. The van der Waals surface area contributed by atoms with Gasteiger partial charge in [-0.1, -0.05) is 44.7 Å². The fraction of sp³-hybridized carbons (Fsp3) is 0.438. The van der Waals surface area contributed by atoms with Gasteiger partial charge in [0.15, 0.2) is 5.82 Å². The molecule has 0 atom stereocenters. The Labute approximate surface area is 145 Å². The number of nitrogens with zero attached hydrogens (tertiary/aromatic N) is 3. The Kier molecular flexibility index (Phi) is 5.82. The highest BCUT2D eigenvalue weighted by molar-refractivity contribution is 7.99. The number of rotatable bonds is 6. The van der Waals surface area contributed by atoms with Crippen molar-refractivity contribution < 1.29 is 9.18 Å². The second-order valence-corrected chi connectivity index (χ2v) is 7.38. The number of carbonyl (C=O) groups is 1. The number of hydrogen-bond donors (Lipinski definition) is 2. The first-order valence-electron chi connectivity index (χ1n) is 7.62. The lowest BCUT2D eigenvalue weighted by Crippen LogP contribution is -2.28. The topological polar surface area (TPSA) is 85.8 Å². The normalized spacial score (nSPS) is 11.5. The molecule has 1 heterocycles. The minimum atomic E-state index is -0.264. The first-order valence-corrected chi connectivity index (χ1v) is 8.61. The van der Waals surface area contributed by atoms with Gasteiger partial charge in [0, 0.05) is 12.0 Å². The Morgan fingerprint density at radius 2 is 1.96 bits per heavy atom. The molecule has 130 valence electrons. The number of halogens is 1. The van der Waals surface area contributed by atoms with Gasteiger partial charge in [-0.15, -0.1) is 10.2 Å². The lowest BCUT2D eigenvalue weighted by atomic mass is 9.96. The highest BCUT2D eigenvalue weighted by atomic mass is 32.2. The van der Waals surface area contributed by atoms with E-state index in [1.165, 1.54) is 28.6 Å². The molecular weight excluding hydrogens is 329 g/mol. The van der Waals surface area contributed by atoms with Crippen molar-refractivity contribution in [3.8, 4) is 0 Å². The predicted octanol–water partition coefficient (Wildman–Crippen LogP) is 1.88. The molecule has 1 aromatic carbocycles. The average molecular weight is 351 g/mol. The summed E-state index contributed by atoms with van der Waals surface area (Å²) in [5.74, 6) is 6.48. The molecule has 1 amide bonds. The lowest BCUT2D eigenvalue weighted by Gasteiger charge is -2.16. The van der Waals surface area contributed by atoms with Crippen LogP contribution < -0.4 is 11.2 Å². The maximum Gasteiger partial charge on any atom is 0.230 e. The van der Waals surface area contributed by atoms with Gasteiger partial charge in [-0.2, -0.15) is 0 Å². The number of thioether (sulfide) groups is 1. The van der Waals surface area contributed by atoms with Gasteiger partial charge in [0.1, 0.15) is 5.82 Å². The van der Waals surface area contributed by atoms with Gasteiger partial charge in [0.2, 0.25) is 11.1 Å². The number of nitrogens with two attached hydrogens (primary N) is 1. The van der Waals surface area contributed by atoms with Crippen LogP contribution in [0, 0.1) is 5.82 Å². The molecule has 0 spiro atoms. The molecule has 0 aliphatic carbocycles. The number of aromatic nitrogens is 3. The van der Waals surface area contributed by atoms with E-state index in [0.717, 1.165) is 5.56 Å². The molecule has 0 saturated heterocycles. The second kappa shape index (κ2) is 7.65. The smallest absolute Gasteiger partial charge is 0.230 e. The minimum absolute atomic E-state index is 0.109. The van der Waals surface area contributed by atoms with Crippen molar-refractivity contribution in [1.82, 2.24) is 20.2 Å². The van der Waals surface area contributed by atoms with Crippen molar-refractivity contribution in [2.75, 3.05) is 18.1 Å². The molecule has 0 bridgehead atoms. The molecule has 0 aliphatic rings. The van der Waals surface area contributed by atoms with E-state index in [1.807, 2.05) is 20.8 Å². The molecule has 1 aromatic heterocycles. The van der Waals surface area contributed by atoms with Crippen LogP contribution in [0.3, 0.4) is 0 Å². The monoisotopic (exact) mass is 351 g/mol. The fourth-order valence-electron chi connectivity index (χ4n) is 2.07. The minimum Gasteiger partial charge on any atom is -0.355 e. The summed E-state index contributed by atoms with van der Waals surface area (Å²) in [6.45, 7) is 6.48. The molecule has 0 fully saturated rings. The average Bonchev–Trinajstić information content (AvgIpc) is 2.88. The van der Waals surface area contributed by atoms with Gasteiger partial charge < -0.3 is 11.2 Å². The Balaban J connectivity index is 1.77. The molecule has 0 unspecified atom stereocenters. The van der Waals surface area contributed by atoms with Gasteiger partial charge >= 0.3 is 0 Å². The number of amides is 1. The third-order valence-corrected chi connectivity index (χ3v) is 4.26. The van der Waals surface area contributed by atoms with Crippen molar-refractivity contribution in [3.63, 3.8) is 0 Å². The predicted molar refractivity (Wildman–Crippen MR) is 92.7 cm³/mol. The lowest BCUT2D eigenvalue weighted by molar-refractivity contribution is -0.118. The van der Waals surface area contributed by atoms with Crippen molar-refractivity contribution in [1.29, 1.82) is 0 Å². The molecule has 2 aromatic rings. The second-order valence-electron chi connectivity index (χ2n) is 6.44. The van der Waals surface area contributed by atoms with Crippen LogP contribution in [-0.4, -0.2) is 33.1 Å². The Morgan fingerprint density at radius 1 is 1.29 bits per heavy atom. The van der Waals surface area contributed by atoms with Gasteiger partial charge in [-0.25, -0.2) is 9.07 Å². The summed E-state index contributed by atoms with van der Waals surface area (Å²) in [6, 6.07) is 6.24. The zero-order valence-corrected chi connectivity index (χ0v) is 14.9. The third kappa shape index (κ3) is 4.95. The van der Waals surface area contributed by atoms with Crippen LogP contribution in [0.1, 0.15) is 32.2 Å². The van der Waals surface area contributed by atoms with Crippen LogP contribution >= 0.6 is 11.8 Å². The van der Waals surface area contributed by atoms with Crippen molar-refractivity contribution >= 4 is 17.7 Å². The Morgan fingerprint density at radius 3 is 2.54 bits per heavy atom. The maximum absolute atomic E-state index is 12.8. The van der Waals surface area contributed by atoms with E-state index >= 15 is 0 Å². The molecule has 6 nitrogen and oxygen atoms in total. The quantitative estimate of drug-likeness (QED) is 0.613. The van der Waals surface area contributed by atoms with E-state index in [0.29, 0.717) is 23.9 Å². The summed E-state index contributed by atoms with van der Waals surface area (Å²) in [7, 11) is 0. The zero-order chi connectivity index (χ0) is 17.7. The first-order chi connectivity index (χ1) is 11.3. The molecular formula is C16H22FN5OS. The SMILES string of the molecule is CC(C)(C)c1nnc(SCC(=O)NCCc2ccc(F)cc2)n1N. The highest BCUT2D eigenvalue weighted by Crippen LogP contribution is 2.22. The van der Waals surface area contributed by atoms with Gasteiger partial charge in [-0.05, 0) is 24.1 Å². The van der Waals surface area contributed by atoms with E-state index in [-0.39, 0.29) is 22.9 Å². The largest absolute Gasteiger partial charge is 0.355 e. The van der Waals surface area contributed by atoms with E-state index in [9.17, 15) is 9.18 Å². The van der Waals surface area contributed by atoms with Crippen LogP contribution in [0.2, 0.25) is 0 Å². The molecule has 8 heteroatoms. The molecule has 24 heavy (non-hydrogen) atoms. The number of carbonyl (C=O) groups excluding carboxylic acids is 1. The van der Waals surface area contributed by atoms with Gasteiger partial charge in [0.05, 0.1) is 5.75 Å². The molecule has 0 aliphatic heterocycles. The Hall–Kier alpha value is -2.09. The van der Waals surface area contributed by atoms with Crippen LogP contribution in [0.25, 0.3) is 0 Å². The van der Waals surface area contributed by atoms with Gasteiger partial charge in [0.25, 0.3) is 0 Å².